The van der Waals surface area contributed by atoms with Crippen molar-refractivity contribution in [2.24, 2.45) is 0 Å². The van der Waals surface area contributed by atoms with Crippen molar-refractivity contribution in [1.29, 1.82) is 0 Å². The molecule has 352 valence electrons. The minimum absolute atomic E-state index is 0.168. The molecular formula is C45H82O15. The molecule has 0 spiro atoms. The van der Waals surface area contributed by atoms with Crippen molar-refractivity contribution in [2.75, 3.05) is 26.4 Å². The van der Waals surface area contributed by atoms with Crippen molar-refractivity contribution in [3.63, 3.8) is 0 Å². The lowest BCUT2D eigenvalue weighted by Gasteiger charge is -2.42. The second kappa shape index (κ2) is 33.8. The first-order valence-corrected chi connectivity index (χ1v) is 23.3. The molecule has 0 saturated carbocycles. The monoisotopic (exact) mass is 863 g/mol. The maximum Gasteiger partial charge on any atom is 0.306 e. The van der Waals surface area contributed by atoms with Crippen LogP contribution < -0.4 is 0 Å². The number of esters is 2. The van der Waals surface area contributed by atoms with E-state index < -0.39 is 92.7 Å². The molecule has 15 heteroatoms. The standard InChI is InChI=1S/C45H82O15/c1-3-5-7-9-11-13-15-16-18-20-22-24-26-28-37(48)58-33(30-55-36(47)27-25-23-21-19-17-14-12-10-8-6-4-2)31-56-44-43(54)41(52)39(50)35(60-44)32-57-45-42(53)40(51)38(49)34(29-46)59-45/h10,12,33-35,38-46,49-54H,3-9,11,13-32H2,1-2H3/b12-10+/t33-,34-,35-,38+,39+,40?,41?,42?,43?,44-,45-/m1/s1. The molecule has 7 N–H and O–H groups in total. The highest BCUT2D eigenvalue weighted by Gasteiger charge is 2.47. The Kier molecular flexibility index (Phi) is 30.6. The van der Waals surface area contributed by atoms with E-state index in [0.717, 1.165) is 57.8 Å². The van der Waals surface area contributed by atoms with Crippen molar-refractivity contribution >= 4 is 11.9 Å². The van der Waals surface area contributed by atoms with E-state index in [1.54, 1.807) is 0 Å². The average Bonchev–Trinajstić information content (AvgIpc) is 3.24. The van der Waals surface area contributed by atoms with Crippen LogP contribution in [0.25, 0.3) is 0 Å². The highest BCUT2D eigenvalue weighted by atomic mass is 16.7. The topological polar surface area (TPSA) is 231 Å². The van der Waals surface area contributed by atoms with Crippen molar-refractivity contribution in [3.8, 4) is 0 Å². The van der Waals surface area contributed by atoms with Crippen molar-refractivity contribution in [1.82, 2.24) is 0 Å². The summed E-state index contributed by atoms with van der Waals surface area (Å²) < 4.78 is 33.4. The van der Waals surface area contributed by atoms with E-state index in [9.17, 15) is 45.3 Å². The molecule has 2 heterocycles. The van der Waals surface area contributed by atoms with Crippen LogP contribution in [0, 0.1) is 0 Å². The average molecular weight is 863 g/mol. The third kappa shape index (κ3) is 22.5. The smallest absolute Gasteiger partial charge is 0.306 e. The summed E-state index contributed by atoms with van der Waals surface area (Å²) in [5, 5.41) is 71.8. The molecule has 2 aliphatic heterocycles. The number of rotatable bonds is 35. The number of carbonyl (C=O) groups excluding carboxylic acids is 2. The van der Waals surface area contributed by atoms with Gasteiger partial charge in [0.2, 0.25) is 0 Å². The fraction of sp³-hybridized carbons (Fsp3) is 0.911. The van der Waals surface area contributed by atoms with Crippen LogP contribution in [0.4, 0.5) is 0 Å². The molecule has 2 rings (SSSR count). The molecule has 0 aromatic heterocycles. The summed E-state index contributed by atoms with van der Waals surface area (Å²) in [6.45, 7) is 2.53. The van der Waals surface area contributed by atoms with Gasteiger partial charge in [-0.15, -0.1) is 0 Å². The summed E-state index contributed by atoms with van der Waals surface area (Å²) in [4.78, 5) is 25.6. The quantitative estimate of drug-likeness (QED) is 0.0252. The van der Waals surface area contributed by atoms with Crippen LogP contribution in [-0.2, 0) is 38.0 Å². The molecule has 11 atom stereocenters. The summed E-state index contributed by atoms with van der Waals surface area (Å²) in [5.74, 6) is -0.932. The second-order valence-electron chi connectivity index (χ2n) is 16.6. The van der Waals surface area contributed by atoms with Gasteiger partial charge >= 0.3 is 11.9 Å². The second-order valence-corrected chi connectivity index (χ2v) is 16.6. The molecule has 0 bridgehead atoms. The van der Waals surface area contributed by atoms with E-state index in [0.29, 0.717) is 12.8 Å². The zero-order chi connectivity index (χ0) is 44.0. The van der Waals surface area contributed by atoms with Gasteiger partial charge in [-0.3, -0.25) is 9.59 Å². The summed E-state index contributed by atoms with van der Waals surface area (Å²) in [6.07, 6.45) is 12.6. The minimum Gasteiger partial charge on any atom is -0.462 e. The Bertz CT molecular complexity index is 1110. The Morgan fingerprint density at radius 2 is 0.967 bits per heavy atom. The molecule has 0 aliphatic carbocycles. The fourth-order valence-corrected chi connectivity index (χ4v) is 7.31. The maximum absolute atomic E-state index is 12.9. The van der Waals surface area contributed by atoms with Gasteiger partial charge in [-0.2, -0.15) is 0 Å². The summed E-state index contributed by atoms with van der Waals surface area (Å²) in [5.41, 5.74) is 0. The molecule has 2 fully saturated rings. The lowest BCUT2D eigenvalue weighted by molar-refractivity contribution is -0.332. The largest absolute Gasteiger partial charge is 0.462 e. The Hall–Kier alpha value is -1.76. The zero-order valence-electron chi connectivity index (χ0n) is 36.7. The summed E-state index contributed by atoms with van der Waals surface area (Å²) in [7, 11) is 0. The van der Waals surface area contributed by atoms with E-state index in [-0.39, 0.29) is 26.1 Å². The molecule has 0 amide bonds. The van der Waals surface area contributed by atoms with Crippen LogP contribution in [0.5, 0.6) is 0 Å². The first-order valence-electron chi connectivity index (χ1n) is 23.3. The minimum atomic E-state index is -1.76. The number of unbranched alkanes of at least 4 members (excludes halogenated alkanes) is 19. The van der Waals surface area contributed by atoms with Gasteiger partial charge in [-0.25, -0.2) is 0 Å². The molecule has 60 heavy (non-hydrogen) atoms. The molecular weight excluding hydrogens is 780 g/mol. The van der Waals surface area contributed by atoms with Crippen molar-refractivity contribution in [3.05, 3.63) is 12.2 Å². The van der Waals surface area contributed by atoms with Gasteiger partial charge in [0.05, 0.1) is 19.8 Å². The van der Waals surface area contributed by atoms with Gasteiger partial charge in [0.1, 0.15) is 55.4 Å². The number of hydrogen-bond donors (Lipinski definition) is 7. The molecule has 4 unspecified atom stereocenters. The third-order valence-electron chi connectivity index (χ3n) is 11.2. The maximum atomic E-state index is 12.9. The van der Waals surface area contributed by atoms with E-state index >= 15 is 0 Å². The fourth-order valence-electron chi connectivity index (χ4n) is 7.31. The van der Waals surface area contributed by atoms with Gasteiger partial charge < -0.3 is 64.2 Å². The number of allylic oxidation sites excluding steroid dienone is 2. The highest BCUT2D eigenvalue weighted by Crippen LogP contribution is 2.26. The van der Waals surface area contributed by atoms with Gasteiger partial charge in [-0.05, 0) is 32.1 Å². The van der Waals surface area contributed by atoms with Crippen molar-refractivity contribution < 1.29 is 73.8 Å². The lowest BCUT2D eigenvalue weighted by Crippen LogP contribution is -2.61. The van der Waals surface area contributed by atoms with Gasteiger partial charge in [0.15, 0.2) is 18.7 Å². The van der Waals surface area contributed by atoms with Crippen LogP contribution in [-0.4, -0.2) is 142 Å². The van der Waals surface area contributed by atoms with Crippen LogP contribution in [0.1, 0.15) is 168 Å². The van der Waals surface area contributed by atoms with Crippen molar-refractivity contribution in [2.45, 2.75) is 235 Å². The summed E-state index contributed by atoms with van der Waals surface area (Å²) >= 11 is 0. The van der Waals surface area contributed by atoms with Crippen LogP contribution in [0.3, 0.4) is 0 Å². The van der Waals surface area contributed by atoms with Gasteiger partial charge in [0.25, 0.3) is 0 Å². The third-order valence-corrected chi connectivity index (χ3v) is 11.2. The Morgan fingerprint density at radius 1 is 0.517 bits per heavy atom. The number of aliphatic hydroxyl groups excluding tert-OH is 7. The first-order chi connectivity index (χ1) is 29.0. The molecule has 0 radical (unpaired) electrons. The number of hydrogen-bond acceptors (Lipinski definition) is 15. The number of aliphatic hydroxyl groups is 7. The van der Waals surface area contributed by atoms with Gasteiger partial charge in [0, 0.05) is 12.8 Å². The first kappa shape index (κ1) is 54.4. The molecule has 2 saturated heterocycles. The predicted molar refractivity (Wildman–Crippen MR) is 224 cm³/mol. The van der Waals surface area contributed by atoms with Crippen LogP contribution in [0.15, 0.2) is 12.2 Å². The predicted octanol–water partition coefficient (Wildman–Crippen LogP) is 5.04. The van der Waals surface area contributed by atoms with E-state index in [4.69, 9.17) is 28.4 Å². The number of carbonyl (C=O) groups is 2. The zero-order valence-corrected chi connectivity index (χ0v) is 36.7. The van der Waals surface area contributed by atoms with Gasteiger partial charge in [-0.1, -0.05) is 135 Å². The Morgan fingerprint density at radius 3 is 1.52 bits per heavy atom. The van der Waals surface area contributed by atoms with E-state index in [1.165, 1.54) is 70.6 Å². The van der Waals surface area contributed by atoms with E-state index in [2.05, 4.69) is 26.0 Å². The summed E-state index contributed by atoms with van der Waals surface area (Å²) in [6, 6.07) is 0. The lowest BCUT2D eigenvalue weighted by atomic mass is 9.98. The molecule has 0 aromatic rings. The molecule has 15 nitrogen and oxygen atoms in total. The van der Waals surface area contributed by atoms with Crippen LogP contribution in [0.2, 0.25) is 0 Å². The number of ether oxygens (including phenoxy) is 6. The van der Waals surface area contributed by atoms with E-state index in [1.807, 2.05) is 0 Å². The highest BCUT2D eigenvalue weighted by molar-refractivity contribution is 5.70. The Balaban J connectivity index is 1.85. The van der Waals surface area contributed by atoms with Crippen LogP contribution >= 0.6 is 0 Å². The SMILES string of the molecule is CCCC/C=C/CCCCCCCC(=O)OC[C@H](CO[C@@H]1O[C@H](CO[C@@H]2O[C@H](CO)[C@H](O)C(O)C2O)[C@H](O)C(O)C1O)OC(=O)CCCCCCCCCCCCCCC. The normalized spacial score (nSPS) is 27.6. The molecule has 0 aromatic carbocycles. The Labute approximate surface area is 359 Å². The molecule has 2 aliphatic rings.